The highest BCUT2D eigenvalue weighted by Gasteiger charge is 2.19. The van der Waals surface area contributed by atoms with E-state index in [-0.39, 0.29) is 5.97 Å². The molecular formula is C15H13ClN2O2. The molecule has 3 aromatic rings. The number of carbonyl (C=O) groups excluding carboxylic acids is 1. The summed E-state index contributed by atoms with van der Waals surface area (Å²) in [7, 11) is 0. The lowest BCUT2D eigenvalue weighted by Gasteiger charge is -2.05. The van der Waals surface area contributed by atoms with E-state index in [0.29, 0.717) is 28.7 Å². The molecule has 0 aliphatic heterocycles. The standard InChI is InChI=1S/C15H13ClN2O2/c1-3-20-15(19)13-9(2)17-14-11-5-4-6-12(16)10(11)7-8-18(13)14/h4-8H,3H2,1-2H3. The third-order valence-electron chi connectivity index (χ3n) is 3.24. The number of hydrogen-bond acceptors (Lipinski definition) is 3. The maximum Gasteiger partial charge on any atom is 0.357 e. The van der Waals surface area contributed by atoms with Crippen molar-refractivity contribution in [2.75, 3.05) is 6.61 Å². The summed E-state index contributed by atoms with van der Waals surface area (Å²) in [5.41, 5.74) is 1.82. The van der Waals surface area contributed by atoms with Crippen LogP contribution in [-0.4, -0.2) is 22.0 Å². The van der Waals surface area contributed by atoms with Crippen LogP contribution in [0, 0.1) is 6.92 Å². The number of fused-ring (bicyclic) bond motifs is 3. The van der Waals surface area contributed by atoms with E-state index in [1.54, 1.807) is 24.4 Å². The normalized spacial score (nSPS) is 11.2. The number of ether oxygens (including phenoxy) is 1. The van der Waals surface area contributed by atoms with Crippen LogP contribution in [0.4, 0.5) is 0 Å². The SMILES string of the molecule is CCOC(=O)c1c(C)nc2c3cccc(Cl)c3ccn12. The summed E-state index contributed by atoms with van der Waals surface area (Å²) in [6.07, 6.45) is 1.80. The van der Waals surface area contributed by atoms with E-state index in [9.17, 15) is 4.79 Å². The molecule has 0 fully saturated rings. The lowest BCUT2D eigenvalue weighted by atomic mass is 10.2. The molecule has 4 nitrogen and oxygen atoms in total. The summed E-state index contributed by atoms with van der Waals surface area (Å²) in [4.78, 5) is 16.5. The van der Waals surface area contributed by atoms with Crippen molar-refractivity contribution in [2.45, 2.75) is 13.8 Å². The van der Waals surface area contributed by atoms with E-state index in [0.717, 1.165) is 10.8 Å². The molecule has 20 heavy (non-hydrogen) atoms. The quantitative estimate of drug-likeness (QED) is 0.676. The van der Waals surface area contributed by atoms with Crippen LogP contribution < -0.4 is 0 Å². The maximum atomic E-state index is 12.0. The molecule has 102 valence electrons. The van der Waals surface area contributed by atoms with Gasteiger partial charge in [-0.2, -0.15) is 0 Å². The summed E-state index contributed by atoms with van der Waals surface area (Å²) >= 11 is 6.19. The second-order valence-corrected chi connectivity index (χ2v) is 4.88. The third-order valence-corrected chi connectivity index (χ3v) is 3.57. The summed E-state index contributed by atoms with van der Waals surface area (Å²) in [6.45, 7) is 3.92. The Hall–Kier alpha value is -2.07. The van der Waals surface area contributed by atoms with E-state index in [1.807, 2.05) is 24.3 Å². The number of esters is 1. The van der Waals surface area contributed by atoms with Crippen LogP contribution in [0.5, 0.6) is 0 Å². The third kappa shape index (κ3) is 1.84. The topological polar surface area (TPSA) is 43.6 Å². The summed E-state index contributed by atoms with van der Waals surface area (Å²) < 4.78 is 6.84. The Balaban J connectivity index is 2.35. The molecule has 2 heterocycles. The van der Waals surface area contributed by atoms with Gasteiger partial charge in [-0.3, -0.25) is 4.40 Å². The first-order valence-electron chi connectivity index (χ1n) is 6.36. The maximum absolute atomic E-state index is 12.0. The Labute approximate surface area is 120 Å². The zero-order chi connectivity index (χ0) is 14.3. The van der Waals surface area contributed by atoms with E-state index in [2.05, 4.69) is 4.98 Å². The smallest absolute Gasteiger partial charge is 0.357 e. The van der Waals surface area contributed by atoms with Gasteiger partial charge >= 0.3 is 5.97 Å². The Morgan fingerprint density at radius 2 is 2.15 bits per heavy atom. The van der Waals surface area contributed by atoms with Crippen molar-refractivity contribution in [3.63, 3.8) is 0 Å². The zero-order valence-electron chi connectivity index (χ0n) is 11.2. The minimum absolute atomic E-state index is 0.338. The fraction of sp³-hybridized carbons (Fsp3) is 0.200. The van der Waals surface area contributed by atoms with Gasteiger partial charge in [-0.15, -0.1) is 0 Å². The number of carbonyl (C=O) groups is 1. The Bertz CT molecular complexity index is 823. The minimum Gasteiger partial charge on any atom is -0.461 e. The Morgan fingerprint density at radius 1 is 1.35 bits per heavy atom. The molecule has 0 saturated carbocycles. The van der Waals surface area contributed by atoms with E-state index in [1.165, 1.54) is 0 Å². The number of pyridine rings is 1. The molecule has 0 N–H and O–H groups in total. The van der Waals surface area contributed by atoms with Crippen molar-refractivity contribution in [3.05, 3.63) is 46.9 Å². The lowest BCUT2D eigenvalue weighted by Crippen LogP contribution is -2.09. The van der Waals surface area contributed by atoms with Gasteiger partial charge in [-0.1, -0.05) is 23.7 Å². The molecule has 0 spiro atoms. The van der Waals surface area contributed by atoms with Crippen LogP contribution in [0.15, 0.2) is 30.5 Å². The number of nitrogens with zero attached hydrogens (tertiary/aromatic N) is 2. The van der Waals surface area contributed by atoms with E-state index >= 15 is 0 Å². The molecule has 0 aliphatic carbocycles. The number of hydrogen-bond donors (Lipinski definition) is 0. The highest BCUT2D eigenvalue weighted by molar-refractivity contribution is 6.35. The van der Waals surface area contributed by atoms with E-state index < -0.39 is 0 Å². The summed E-state index contributed by atoms with van der Waals surface area (Å²) in [6, 6.07) is 7.54. The van der Waals surface area contributed by atoms with Crippen molar-refractivity contribution in [2.24, 2.45) is 0 Å². The van der Waals surface area contributed by atoms with Gasteiger partial charge in [0.2, 0.25) is 0 Å². The lowest BCUT2D eigenvalue weighted by molar-refractivity contribution is 0.0517. The van der Waals surface area contributed by atoms with Crippen molar-refractivity contribution in [1.82, 2.24) is 9.38 Å². The van der Waals surface area contributed by atoms with Crippen LogP contribution >= 0.6 is 11.6 Å². The van der Waals surface area contributed by atoms with Gasteiger partial charge in [-0.05, 0) is 26.0 Å². The van der Waals surface area contributed by atoms with Crippen LogP contribution in [0.25, 0.3) is 16.4 Å². The molecular weight excluding hydrogens is 276 g/mol. The van der Waals surface area contributed by atoms with Crippen LogP contribution in [0.3, 0.4) is 0 Å². The Morgan fingerprint density at radius 3 is 2.90 bits per heavy atom. The number of rotatable bonds is 2. The fourth-order valence-electron chi connectivity index (χ4n) is 2.38. The molecule has 0 bridgehead atoms. The number of benzene rings is 1. The first-order valence-corrected chi connectivity index (χ1v) is 6.74. The van der Waals surface area contributed by atoms with Crippen LogP contribution in [0.2, 0.25) is 5.02 Å². The molecule has 0 unspecified atom stereocenters. The monoisotopic (exact) mass is 288 g/mol. The van der Waals surface area contributed by atoms with Crippen molar-refractivity contribution in [1.29, 1.82) is 0 Å². The predicted molar refractivity (Wildman–Crippen MR) is 78.4 cm³/mol. The number of aryl methyl sites for hydroxylation is 1. The second-order valence-electron chi connectivity index (χ2n) is 4.48. The fourth-order valence-corrected chi connectivity index (χ4v) is 2.61. The number of imidazole rings is 1. The number of halogens is 1. The van der Waals surface area contributed by atoms with Crippen molar-refractivity contribution in [3.8, 4) is 0 Å². The molecule has 0 amide bonds. The molecule has 0 saturated heterocycles. The average molecular weight is 289 g/mol. The highest BCUT2D eigenvalue weighted by Crippen LogP contribution is 2.27. The Kier molecular flexibility index (Phi) is 3.10. The largest absolute Gasteiger partial charge is 0.461 e. The van der Waals surface area contributed by atoms with Gasteiger partial charge in [0.1, 0.15) is 5.65 Å². The van der Waals surface area contributed by atoms with Gasteiger partial charge in [0.05, 0.1) is 12.3 Å². The predicted octanol–water partition coefficient (Wildman–Crippen LogP) is 3.63. The van der Waals surface area contributed by atoms with Crippen LogP contribution in [-0.2, 0) is 4.74 Å². The molecule has 3 rings (SSSR count). The van der Waals surface area contributed by atoms with Gasteiger partial charge < -0.3 is 4.74 Å². The molecule has 2 aromatic heterocycles. The van der Waals surface area contributed by atoms with Gasteiger partial charge in [0.25, 0.3) is 0 Å². The minimum atomic E-state index is -0.362. The first kappa shape index (κ1) is 12.9. The first-order chi connectivity index (χ1) is 9.63. The number of aromatic nitrogens is 2. The van der Waals surface area contributed by atoms with E-state index in [4.69, 9.17) is 16.3 Å². The molecule has 5 heteroatoms. The van der Waals surface area contributed by atoms with Gasteiger partial charge in [0.15, 0.2) is 5.69 Å². The molecule has 0 atom stereocenters. The summed E-state index contributed by atoms with van der Waals surface area (Å²) in [5.74, 6) is -0.362. The molecule has 1 aromatic carbocycles. The zero-order valence-corrected chi connectivity index (χ0v) is 11.9. The van der Waals surface area contributed by atoms with Crippen molar-refractivity contribution < 1.29 is 9.53 Å². The van der Waals surface area contributed by atoms with Crippen molar-refractivity contribution >= 4 is 34.0 Å². The summed E-state index contributed by atoms with van der Waals surface area (Å²) in [5, 5.41) is 2.50. The second kappa shape index (κ2) is 4.80. The van der Waals surface area contributed by atoms with Crippen LogP contribution in [0.1, 0.15) is 23.1 Å². The molecule has 0 radical (unpaired) electrons. The molecule has 0 aliphatic rings. The van der Waals surface area contributed by atoms with Gasteiger partial charge in [0, 0.05) is 22.0 Å². The highest BCUT2D eigenvalue weighted by atomic mass is 35.5. The van der Waals surface area contributed by atoms with Gasteiger partial charge in [-0.25, -0.2) is 9.78 Å². The average Bonchev–Trinajstić information content (AvgIpc) is 2.76.